The lowest BCUT2D eigenvalue weighted by molar-refractivity contribution is -0.144. The van der Waals surface area contributed by atoms with Crippen molar-refractivity contribution < 1.29 is 23.9 Å². The van der Waals surface area contributed by atoms with Gasteiger partial charge in [-0.15, -0.1) is 0 Å². The van der Waals surface area contributed by atoms with Crippen molar-refractivity contribution in [1.82, 2.24) is 4.57 Å². The topological polar surface area (TPSA) is 74.6 Å². The zero-order chi connectivity index (χ0) is 22.4. The lowest BCUT2D eigenvalue weighted by Gasteiger charge is -2.10. The van der Waals surface area contributed by atoms with Gasteiger partial charge >= 0.3 is 5.97 Å². The summed E-state index contributed by atoms with van der Waals surface area (Å²) in [5, 5.41) is 0. The van der Waals surface area contributed by atoms with Crippen molar-refractivity contribution in [3.8, 4) is 11.4 Å². The highest BCUT2D eigenvalue weighted by Gasteiger charge is 2.18. The molecule has 0 N–H and O–H groups in total. The molecule has 1 aromatic heterocycles. The molecule has 2 aromatic carbocycles. The number of hydrogen-bond donors (Lipinski definition) is 0. The fourth-order valence-corrected chi connectivity index (χ4v) is 3.37. The Morgan fingerprint density at radius 1 is 0.871 bits per heavy atom. The predicted octanol–water partition coefficient (Wildman–Crippen LogP) is 4.49. The van der Waals surface area contributed by atoms with Crippen molar-refractivity contribution in [2.24, 2.45) is 0 Å². The molecule has 6 nitrogen and oxygen atoms in total. The highest BCUT2D eigenvalue weighted by molar-refractivity contribution is 5.99. The van der Waals surface area contributed by atoms with Crippen LogP contribution in [0.5, 0.6) is 5.75 Å². The van der Waals surface area contributed by atoms with Gasteiger partial charge in [0.05, 0.1) is 0 Å². The summed E-state index contributed by atoms with van der Waals surface area (Å²) in [5.41, 5.74) is 3.80. The molecule has 6 heteroatoms. The van der Waals surface area contributed by atoms with Crippen LogP contribution < -0.4 is 4.74 Å². The van der Waals surface area contributed by atoms with Crippen molar-refractivity contribution in [2.45, 2.75) is 27.2 Å². The van der Waals surface area contributed by atoms with E-state index in [0.29, 0.717) is 23.3 Å². The van der Waals surface area contributed by atoms with E-state index in [-0.39, 0.29) is 24.8 Å². The Bertz CT molecular complexity index is 1080. The second kappa shape index (κ2) is 9.89. The number of esters is 1. The van der Waals surface area contributed by atoms with Crippen LogP contribution in [0.25, 0.3) is 5.69 Å². The molecule has 0 spiro atoms. The van der Waals surface area contributed by atoms with Gasteiger partial charge < -0.3 is 14.0 Å². The molecule has 0 fully saturated rings. The van der Waals surface area contributed by atoms with Gasteiger partial charge in [-0.3, -0.25) is 9.59 Å². The standard InChI is InChI=1S/C25H25NO5/c1-4-23(27)19-10-12-21(13-11-19)30-16-25(29)31-15-24(28)22-14-17(2)26(18(22)3)20-8-6-5-7-9-20/h5-14H,4,15-16H2,1-3H3. The van der Waals surface area contributed by atoms with Gasteiger partial charge in [0.1, 0.15) is 5.75 Å². The second-order valence-corrected chi connectivity index (χ2v) is 7.13. The first-order valence-electron chi connectivity index (χ1n) is 10.1. The average molecular weight is 419 g/mol. The molecule has 0 aliphatic heterocycles. The van der Waals surface area contributed by atoms with Crippen molar-refractivity contribution in [1.29, 1.82) is 0 Å². The number of rotatable bonds is 9. The monoisotopic (exact) mass is 419 g/mol. The predicted molar refractivity (Wildman–Crippen MR) is 117 cm³/mol. The first-order valence-corrected chi connectivity index (χ1v) is 10.1. The van der Waals surface area contributed by atoms with E-state index in [2.05, 4.69) is 0 Å². The quantitative estimate of drug-likeness (QED) is 0.377. The molecule has 0 saturated heterocycles. The number of benzene rings is 2. The van der Waals surface area contributed by atoms with Crippen LogP contribution in [0.15, 0.2) is 60.7 Å². The number of nitrogens with zero attached hydrogens (tertiary/aromatic N) is 1. The normalized spacial score (nSPS) is 10.5. The van der Waals surface area contributed by atoms with Crippen LogP contribution in [-0.4, -0.2) is 35.3 Å². The fourth-order valence-electron chi connectivity index (χ4n) is 3.37. The number of hydrogen-bond acceptors (Lipinski definition) is 5. The Kier molecular flexibility index (Phi) is 7.03. The number of aromatic nitrogens is 1. The third-order valence-corrected chi connectivity index (χ3v) is 4.96. The molecule has 3 aromatic rings. The molecule has 0 bridgehead atoms. The van der Waals surface area contributed by atoms with Crippen LogP contribution in [0.4, 0.5) is 0 Å². The van der Waals surface area contributed by atoms with Crippen molar-refractivity contribution >= 4 is 17.5 Å². The number of aryl methyl sites for hydroxylation is 1. The minimum absolute atomic E-state index is 0.0381. The summed E-state index contributed by atoms with van der Waals surface area (Å²) in [6, 6.07) is 18.1. The second-order valence-electron chi connectivity index (χ2n) is 7.13. The number of carbonyl (C=O) groups is 3. The summed E-state index contributed by atoms with van der Waals surface area (Å²) in [7, 11) is 0. The van der Waals surface area contributed by atoms with Crippen LogP contribution >= 0.6 is 0 Å². The molecular formula is C25H25NO5. The molecule has 3 rings (SSSR count). The van der Waals surface area contributed by atoms with Gasteiger partial charge in [0.25, 0.3) is 0 Å². The van der Waals surface area contributed by atoms with Crippen LogP contribution in [0, 0.1) is 13.8 Å². The molecule has 0 saturated carbocycles. The molecular weight excluding hydrogens is 394 g/mol. The summed E-state index contributed by atoms with van der Waals surface area (Å²) >= 11 is 0. The molecule has 0 atom stereocenters. The maximum Gasteiger partial charge on any atom is 0.344 e. The number of carbonyl (C=O) groups excluding carboxylic acids is 3. The number of Topliss-reactive ketones (excluding diaryl/α,β-unsaturated/α-hetero) is 2. The van der Waals surface area contributed by atoms with Gasteiger partial charge in [0, 0.05) is 34.6 Å². The molecule has 31 heavy (non-hydrogen) atoms. The van der Waals surface area contributed by atoms with Gasteiger partial charge in [-0.2, -0.15) is 0 Å². The fraction of sp³-hybridized carbons (Fsp3) is 0.240. The third-order valence-electron chi connectivity index (χ3n) is 4.96. The van der Waals surface area contributed by atoms with Crippen LogP contribution in [-0.2, 0) is 9.53 Å². The Labute approximate surface area is 181 Å². The Hall–Kier alpha value is -3.67. The molecule has 0 amide bonds. The molecule has 0 aliphatic rings. The van der Waals surface area contributed by atoms with Crippen molar-refractivity contribution in [3.05, 3.63) is 83.2 Å². The Morgan fingerprint density at radius 3 is 2.19 bits per heavy atom. The van der Waals surface area contributed by atoms with Gasteiger partial charge in [0.15, 0.2) is 19.0 Å². The lowest BCUT2D eigenvalue weighted by atomic mass is 10.1. The number of ether oxygens (including phenoxy) is 2. The van der Waals surface area contributed by atoms with E-state index < -0.39 is 5.97 Å². The largest absolute Gasteiger partial charge is 0.482 e. The summed E-state index contributed by atoms with van der Waals surface area (Å²) < 4.78 is 12.5. The summed E-state index contributed by atoms with van der Waals surface area (Å²) in [6.45, 7) is 4.91. The SMILES string of the molecule is CCC(=O)c1ccc(OCC(=O)OCC(=O)c2cc(C)n(-c3ccccc3)c2C)cc1. The van der Waals surface area contributed by atoms with E-state index in [1.807, 2.05) is 48.7 Å². The maximum atomic E-state index is 12.6. The molecule has 1 heterocycles. The van der Waals surface area contributed by atoms with Gasteiger partial charge in [0.2, 0.25) is 5.78 Å². The smallest absolute Gasteiger partial charge is 0.344 e. The first kappa shape index (κ1) is 22.0. The van der Waals surface area contributed by atoms with Gasteiger partial charge in [-0.1, -0.05) is 25.1 Å². The van der Waals surface area contributed by atoms with Gasteiger partial charge in [-0.05, 0) is 56.3 Å². The molecule has 0 aliphatic carbocycles. The molecule has 0 radical (unpaired) electrons. The summed E-state index contributed by atoms with van der Waals surface area (Å²) in [5.74, 6) is -0.427. The Balaban J connectivity index is 1.55. The average Bonchev–Trinajstić information content (AvgIpc) is 3.10. The number of ketones is 2. The van der Waals surface area contributed by atoms with E-state index in [9.17, 15) is 14.4 Å². The van der Waals surface area contributed by atoms with Crippen LogP contribution in [0.3, 0.4) is 0 Å². The highest BCUT2D eigenvalue weighted by Crippen LogP contribution is 2.21. The van der Waals surface area contributed by atoms with E-state index in [4.69, 9.17) is 9.47 Å². The van der Waals surface area contributed by atoms with Crippen LogP contribution in [0.1, 0.15) is 45.4 Å². The van der Waals surface area contributed by atoms with E-state index in [1.165, 1.54) is 0 Å². The van der Waals surface area contributed by atoms with E-state index in [0.717, 1.165) is 17.1 Å². The maximum absolute atomic E-state index is 12.6. The zero-order valence-electron chi connectivity index (χ0n) is 17.9. The van der Waals surface area contributed by atoms with Crippen molar-refractivity contribution in [2.75, 3.05) is 13.2 Å². The van der Waals surface area contributed by atoms with Gasteiger partial charge in [-0.25, -0.2) is 4.79 Å². The zero-order valence-corrected chi connectivity index (χ0v) is 17.9. The van der Waals surface area contributed by atoms with Crippen LogP contribution in [0.2, 0.25) is 0 Å². The van der Waals surface area contributed by atoms with E-state index >= 15 is 0 Å². The highest BCUT2D eigenvalue weighted by atomic mass is 16.6. The minimum Gasteiger partial charge on any atom is -0.482 e. The van der Waals surface area contributed by atoms with E-state index in [1.54, 1.807) is 37.3 Å². The first-order chi connectivity index (χ1) is 14.9. The summed E-state index contributed by atoms with van der Waals surface area (Å²) in [6.07, 6.45) is 0.425. The Morgan fingerprint density at radius 2 is 1.55 bits per heavy atom. The third kappa shape index (κ3) is 5.28. The van der Waals surface area contributed by atoms with Crippen molar-refractivity contribution in [3.63, 3.8) is 0 Å². The minimum atomic E-state index is -0.640. The molecule has 0 unspecified atom stereocenters. The lowest BCUT2D eigenvalue weighted by Crippen LogP contribution is -2.19. The number of para-hydroxylation sites is 1. The molecule has 160 valence electrons. The summed E-state index contributed by atoms with van der Waals surface area (Å²) in [4.78, 5) is 36.2.